The van der Waals surface area contributed by atoms with E-state index in [1.807, 2.05) is 19.1 Å². The first-order valence-corrected chi connectivity index (χ1v) is 3.50. The Bertz CT molecular complexity index is 269. The number of amides is 2. The largest absolute Gasteiger partial charge is 0.342 e. The number of anilines is 1. The van der Waals surface area contributed by atoms with Crippen LogP contribution in [-0.4, -0.2) is 11.2 Å². The van der Waals surface area contributed by atoms with Gasteiger partial charge in [0.05, 0.1) is 0 Å². The number of rotatable bonds is 1. The molecule has 0 heterocycles. The number of hydrogen-bond acceptors (Lipinski definition) is 2. The van der Waals surface area contributed by atoms with Crippen molar-refractivity contribution in [2.24, 2.45) is 0 Å². The Hall–Kier alpha value is -1.55. The van der Waals surface area contributed by atoms with E-state index >= 15 is 0 Å². The summed E-state index contributed by atoms with van der Waals surface area (Å²) in [5, 5.41) is 10.6. The molecule has 1 rings (SSSR count). The van der Waals surface area contributed by atoms with Gasteiger partial charge in [-0.1, -0.05) is 17.7 Å². The maximum absolute atomic E-state index is 10.6. The van der Waals surface area contributed by atoms with Crippen LogP contribution in [0.4, 0.5) is 10.5 Å². The molecule has 1 aromatic rings. The number of hydroxylamine groups is 1. The number of urea groups is 1. The first kappa shape index (κ1) is 8.55. The van der Waals surface area contributed by atoms with Gasteiger partial charge < -0.3 is 5.32 Å². The molecule has 12 heavy (non-hydrogen) atoms. The van der Waals surface area contributed by atoms with Crippen LogP contribution in [0, 0.1) is 6.92 Å². The van der Waals surface area contributed by atoms with Crippen molar-refractivity contribution in [3.8, 4) is 0 Å². The molecule has 2 amide bonds. The minimum atomic E-state index is -0.640. The smallest absolute Gasteiger partial charge is 0.306 e. The second-order valence-corrected chi connectivity index (χ2v) is 2.43. The van der Waals surface area contributed by atoms with Crippen LogP contribution in [0.2, 0.25) is 0 Å². The third-order valence-electron chi connectivity index (χ3n) is 1.41. The summed E-state index contributed by atoms with van der Waals surface area (Å²) in [6.45, 7) is 1.95. The zero-order valence-corrected chi connectivity index (χ0v) is 6.66. The number of nitrogens with one attached hydrogen (secondary N) is 2. The summed E-state index contributed by atoms with van der Waals surface area (Å²) >= 11 is 0. The molecule has 0 aromatic heterocycles. The zero-order valence-electron chi connectivity index (χ0n) is 6.66. The Morgan fingerprint density at radius 2 is 1.92 bits per heavy atom. The maximum Gasteiger partial charge on any atom is 0.342 e. The van der Waals surface area contributed by atoms with Crippen LogP contribution in [0.15, 0.2) is 24.3 Å². The number of carbonyl (C=O) groups excluding carboxylic acids is 1. The van der Waals surface area contributed by atoms with Crippen LogP contribution in [0.3, 0.4) is 0 Å². The highest BCUT2D eigenvalue weighted by Gasteiger charge is 1.96. The molecular weight excluding hydrogens is 156 g/mol. The highest BCUT2D eigenvalue weighted by molar-refractivity contribution is 5.88. The Morgan fingerprint density at radius 1 is 1.33 bits per heavy atom. The summed E-state index contributed by atoms with van der Waals surface area (Å²) in [5.41, 5.74) is 3.24. The molecule has 0 aliphatic carbocycles. The van der Waals surface area contributed by atoms with Gasteiger partial charge in [-0.2, -0.15) is 0 Å². The number of hydrogen-bond donors (Lipinski definition) is 3. The summed E-state index contributed by atoms with van der Waals surface area (Å²) in [5.74, 6) is 0. The molecule has 0 radical (unpaired) electrons. The van der Waals surface area contributed by atoms with Gasteiger partial charge in [0.15, 0.2) is 0 Å². The van der Waals surface area contributed by atoms with E-state index in [1.54, 1.807) is 12.1 Å². The third-order valence-corrected chi connectivity index (χ3v) is 1.41. The SMILES string of the molecule is Cc1ccc(NC(=O)NO)cc1. The average molecular weight is 166 g/mol. The van der Waals surface area contributed by atoms with E-state index in [1.165, 1.54) is 5.48 Å². The fourth-order valence-electron chi connectivity index (χ4n) is 0.796. The fraction of sp³-hybridized carbons (Fsp3) is 0.125. The molecular formula is C8H10N2O2. The van der Waals surface area contributed by atoms with Gasteiger partial charge in [-0.25, -0.2) is 10.3 Å². The molecule has 0 aliphatic heterocycles. The van der Waals surface area contributed by atoms with E-state index in [0.717, 1.165) is 5.56 Å². The molecule has 0 aliphatic rings. The third kappa shape index (κ3) is 2.25. The maximum atomic E-state index is 10.6. The molecule has 3 N–H and O–H groups in total. The van der Waals surface area contributed by atoms with Gasteiger partial charge in [-0.15, -0.1) is 0 Å². The van der Waals surface area contributed by atoms with Crippen molar-refractivity contribution >= 4 is 11.7 Å². The Balaban J connectivity index is 2.64. The molecule has 4 heteroatoms. The van der Waals surface area contributed by atoms with Crippen LogP contribution in [0.5, 0.6) is 0 Å². The number of aryl methyl sites for hydroxylation is 1. The summed E-state index contributed by atoms with van der Waals surface area (Å²) in [4.78, 5) is 10.6. The molecule has 0 atom stereocenters. The lowest BCUT2D eigenvalue weighted by Gasteiger charge is -2.02. The van der Waals surface area contributed by atoms with Crippen molar-refractivity contribution in [3.05, 3.63) is 29.8 Å². The molecule has 0 bridgehead atoms. The van der Waals surface area contributed by atoms with Crippen molar-refractivity contribution in [1.29, 1.82) is 0 Å². The predicted octanol–water partition coefficient (Wildman–Crippen LogP) is 1.51. The molecule has 0 saturated carbocycles. The van der Waals surface area contributed by atoms with E-state index in [9.17, 15) is 4.79 Å². The van der Waals surface area contributed by atoms with Gasteiger partial charge in [0, 0.05) is 5.69 Å². The lowest BCUT2D eigenvalue weighted by molar-refractivity contribution is 0.172. The quantitative estimate of drug-likeness (QED) is 0.437. The Morgan fingerprint density at radius 3 is 2.42 bits per heavy atom. The lowest BCUT2D eigenvalue weighted by Crippen LogP contribution is -2.24. The minimum Gasteiger partial charge on any atom is -0.306 e. The topological polar surface area (TPSA) is 61.4 Å². The van der Waals surface area contributed by atoms with Crippen molar-refractivity contribution < 1.29 is 10.0 Å². The van der Waals surface area contributed by atoms with Gasteiger partial charge in [0.1, 0.15) is 0 Å². The average Bonchev–Trinajstić information content (AvgIpc) is 2.09. The minimum absolute atomic E-state index is 0.640. The lowest BCUT2D eigenvalue weighted by atomic mass is 10.2. The summed E-state index contributed by atoms with van der Waals surface area (Å²) in [7, 11) is 0. The first-order chi connectivity index (χ1) is 5.72. The molecule has 0 unspecified atom stereocenters. The Labute approximate surface area is 70.2 Å². The standard InChI is InChI=1S/C8H10N2O2/c1-6-2-4-7(5-3-6)9-8(11)10-12/h2-5,12H,1H3,(H2,9,10,11). The van der Waals surface area contributed by atoms with E-state index in [2.05, 4.69) is 5.32 Å². The van der Waals surface area contributed by atoms with Crippen molar-refractivity contribution in [2.75, 3.05) is 5.32 Å². The van der Waals surface area contributed by atoms with Gasteiger partial charge in [-0.05, 0) is 19.1 Å². The monoisotopic (exact) mass is 166 g/mol. The van der Waals surface area contributed by atoms with E-state index < -0.39 is 6.03 Å². The van der Waals surface area contributed by atoms with Crippen LogP contribution >= 0.6 is 0 Å². The fourth-order valence-corrected chi connectivity index (χ4v) is 0.796. The Kier molecular flexibility index (Phi) is 2.66. The van der Waals surface area contributed by atoms with Crippen LogP contribution in [-0.2, 0) is 0 Å². The molecule has 1 aromatic carbocycles. The molecule has 4 nitrogen and oxygen atoms in total. The second kappa shape index (κ2) is 3.73. The van der Waals surface area contributed by atoms with Crippen LogP contribution < -0.4 is 10.8 Å². The van der Waals surface area contributed by atoms with E-state index in [0.29, 0.717) is 5.69 Å². The van der Waals surface area contributed by atoms with E-state index in [4.69, 9.17) is 5.21 Å². The normalized spacial score (nSPS) is 9.17. The molecule has 0 saturated heterocycles. The molecule has 0 fully saturated rings. The molecule has 64 valence electrons. The van der Waals surface area contributed by atoms with Gasteiger partial charge in [0.2, 0.25) is 0 Å². The van der Waals surface area contributed by atoms with Crippen LogP contribution in [0.25, 0.3) is 0 Å². The zero-order chi connectivity index (χ0) is 8.97. The number of benzene rings is 1. The highest BCUT2D eigenvalue weighted by atomic mass is 16.5. The van der Waals surface area contributed by atoms with Crippen molar-refractivity contribution in [2.45, 2.75) is 6.92 Å². The van der Waals surface area contributed by atoms with Gasteiger partial charge in [0.25, 0.3) is 0 Å². The highest BCUT2D eigenvalue weighted by Crippen LogP contribution is 2.07. The second-order valence-electron chi connectivity index (χ2n) is 2.43. The summed E-state index contributed by atoms with van der Waals surface area (Å²) < 4.78 is 0. The summed E-state index contributed by atoms with van der Waals surface area (Å²) in [6.07, 6.45) is 0. The summed E-state index contributed by atoms with van der Waals surface area (Å²) in [6, 6.07) is 6.61. The van der Waals surface area contributed by atoms with Gasteiger partial charge in [-0.3, -0.25) is 5.21 Å². The van der Waals surface area contributed by atoms with E-state index in [-0.39, 0.29) is 0 Å². The number of carbonyl (C=O) groups is 1. The van der Waals surface area contributed by atoms with Crippen LogP contribution in [0.1, 0.15) is 5.56 Å². The first-order valence-electron chi connectivity index (χ1n) is 3.50. The van der Waals surface area contributed by atoms with Crippen molar-refractivity contribution in [3.63, 3.8) is 0 Å². The van der Waals surface area contributed by atoms with Crippen molar-refractivity contribution in [1.82, 2.24) is 5.48 Å². The predicted molar refractivity (Wildman–Crippen MR) is 45.1 cm³/mol. The molecule has 0 spiro atoms. The van der Waals surface area contributed by atoms with Gasteiger partial charge >= 0.3 is 6.03 Å².